The van der Waals surface area contributed by atoms with E-state index in [1.807, 2.05) is 24.3 Å². The lowest BCUT2D eigenvalue weighted by atomic mass is 9.96. The molecule has 0 saturated heterocycles. The second-order valence-corrected chi connectivity index (χ2v) is 3.99. The van der Waals surface area contributed by atoms with Crippen molar-refractivity contribution in [2.45, 2.75) is 13.8 Å². The molecule has 2 aromatic rings. The van der Waals surface area contributed by atoms with Gasteiger partial charge >= 0.3 is 0 Å². The normalized spacial score (nSPS) is 10.1. The summed E-state index contributed by atoms with van der Waals surface area (Å²) < 4.78 is 0. The fourth-order valence-corrected chi connectivity index (χ4v) is 1.61. The lowest BCUT2D eigenvalue weighted by molar-refractivity contribution is 1.33. The molecule has 0 amide bonds. The molecule has 0 spiro atoms. The van der Waals surface area contributed by atoms with Gasteiger partial charge in [-0.1, -0.05) is 29.7 Å². The predicted octanol–water partition coefficient (Wildman–Crippen LogP) is 2.84. The quantitative estimate of drug-likeness (QED) is 0.746. The fourth-order valence-electron chi connectivity index (χ4n) is 1.61. The molecule has 2 heteroatoms. The van der Waals surface area contributed by atoms with E-state index in [4.69, 9.17) is 7.85 Å². The number of anilines is 2. The van der Waals surface area contributed by atoms with Gasteiger partial charge in [0.25, 0.3) is 0 Å². The fraction of sp³-hybridized carbons (Fsp3) is 0.143. The van der Waals surface area contributed by atoms with Crippen molar-refractivity contribution in [3.8, 4) is 0 Å². The van der Waals surface area contributed by atoms with Gasteiger partial charge in [0.15, 0.2) is 0 Å². The molecule has 0 aliphatic heterocycles. The first-order valence-corrected chi connectivity index (χ1v) is 5.35. The highest BCUT2D eigenvalue weighted by molar-refractivity contribution is 6.32. The summed E-state index contributed by atoms with van der Waals surface area (Å²) in [6.07, 6.45) is 0. The Balaban J connectivity index is 2.27. The molecule has 0 unspecified atom stereocenters. The van der Waals surface area contributed by atoms with Crippen LogP contribution in [0.4, 0.5) is 11.4 Å². The zero-order valence-corrected chi connectivity index (χ0v) is 9.62. The summed E-state index contributed by atoms with van der Waals surface area (Å²) in [6.45, 7) is 4.23. The van der Waals surface area contributed by atoms with E-state index < -0.39 is 0 Å². The van der Waals surface area contributed by atoms with Gasteiger partial charge in [-0.15, -0.1) is 0 Å². The Labute approximate surface area is 97.9 Å². The minimum absolute atomic E-state index is 0.784. The van der Waals surface area contributed by atoms with Crippen molar-refractivity contribution >= 4 is 24.7 Å². The van der Waals surface area contributed by atoms with Gasteiger partial charge < -0.3 is 5.32 Å². The van der Waals surface area contributed by atoms with Gasteiger partial charge in [0.1, 0.15) is 7.85 Å². The second-order valence-electron chi connectivity index (χ2n) is 3.99. The highest BCUT2D eigenvalue weighted by Gasteiger charge is 2.00. The van der Waals surface area contributed by atoms with Gasteiger partial charge in [-0.3, -0.25) is 0 Å². The third-order valence-corrected chi connectivity index (χ3v) is 2.79. The first-order valence-electron chi connectivity index (χ1n) is 5.35. The Hall–Kier alpha value is -1.70. The summed E-state index contributed by atoms with van der Waals surface area (Å²) in [5.74, 6) is 0. The molecule has 2 rings (SSSR count). The standard InChI is InChI=1S/C14H14BN/c1-10-4-3-5-14(11(10)2)16-13-8-6-12(15)7-9-13/h3-9,16H,1-2H3. The maximum atomic E-state index is 5.65. The number of nitrogens with one attached hydrogen (secondary N) is 1. The Kier molecular flexibility index (Phi) is 3.00. The van der Waals surface area contributed by atoms with E-state index >= 15 is 0 Å². The summed E-state index contributed by atoms with van der Waals surface area (Å²) in [4.78, 5) is 0. The molecule has 78 valence electrons. The minimum atomic E-state index is 0.784. The van der Waals surface area contributed by atoms with E-state index in [1.165, 1.54) is 11.1 Å². The average molecular weight is 207 g/mol. The molecule has 0 aliphatic carbocycles. The topological polar surface area (TPSA) is 12.0 Å². The Morgan fingerprint density at radius 3 is 2.31 bits per heavy atom. The Morgan fingerprint density at radius 1 is 0.938 bits per heavy atom. The van der Waals surface area contributed by atoms with Crippen LogP contribution in [0.2, 0.25) is 0 Å². The summed E-state index contributed by atoms with van der Waals surface area (Å²) in [7, 11) is 5.65. The van der Waals surface area contributed by atoms with Gasteiger partial charge in [-0.2, -0.15) is 0 Å². The predicted molar refractivity (Wildman–Crippen MR) is 71.0 cm³/mol. The molecule has 0 atom stereocenters. The molecule has 0 heterocycles. The van der Waals surface area contributed by atoms with Crippen LogP contribution in [-0.2, 0) is 0 Å². The third-order valence-electron chi connectivity index (χ3n) is 2.79. The van der Waals surface area contributed by atoms with Crippen LogP contribution >= 0.6 is 0 Å². The van der Waals surface area contributed by atoms with Gasteiger partial charge in [0.2, 0.25) is 0 Å². The van der Waals surface area contributed by atoms with Crippen LogP contribution in [0.5, 0.6) is 0 Å². The molecule has 2 aromatic carbocycles. The largest absolute Gasteiger partial charge is 0.355 e. The molecule has 0 saturated carbocycles. The highest BCUT2D eigenvalue weighted by Crippen LogP contribution is 2.21. The highest BCUT2D eigenvalue weighted by atomic mass is 14.9. The SMILES string of the molecule is [B]c1ccc(Nc2cccc(C)c2C)cc1. The van der Waals surface area contributed by atoms with Crippen molar-refractivity contribution in [2.24, 2.45) is 0 Å². The molecule has 0 aliphatic rings. The van der Waals surface area contributed by atoms with Crippen LogP contribution in [0.1, 0.15) is 11.1 Å². The number of rotatable bonds is 2. The van der Waals surface area contributed by atoms with Gasteiger partial charge in [0, 0.05) is 11.4 Å². The number of hydrogen-bond donors (Lipinski definition) is 1. The van der Waals surface area contributed by atoms with Crippen LogP contribution in [0.25, 0.3) is 0 Å². The Morgan fingerprint density at radius 2 is 1.62 bits per heavy atom. The lowest BCUT2D eigenvalue weighted by Gasteiger charge is -2.11. The summed E-state index contributed by atoms with van der Waals surface area (Å²) in [6, 6.07) is 14.0. The van der Waals surface area contributed by atoms with Gasteiger partial charge in [-0.05, 0) is 43.2 Å². The second kappa shape index (κ2) is 4.44. The van der Waals surface area contributed by atoms with E-state index in [0.717, 1.165) is 16.8 Å². The van der Waals surface area contributed by atoms with Crippen molar-refractivity contribution in [2.75, 3.05) is 5.32 Å². The van der Waals surface area contributed by atoms with Crippen LogP contribution < -0.4 is 10.8 Å². The van der Waals surface area contributed by atoms with Gasteiger partial charge in [-0.25, -0.2) is 0 Å². The smallest absolute Gasteiger partial charge is 0.113 e. The molecule has 16 heavy (non-hydrogen) atoms. The first kappa shape index (κ1) is 10.8. The van der Waals surface area contributed by atoms with E-state index in [0.29, 0.717) is 0 Å². The maximum Gasteiger partial charge on any atom is 0.113 e. The Bertz CT molecular complexity index is 489. The molecule has 0 bridgehead atoms. The zero-order valence-electron chi connectivity index (χ0n) is 9.62. The average Bonchev–Trinajstić information content (AvgIpc) is 2.28. The van der Waals surface area contributed by atoms with Crippen molar-refractivity contribution in [3.05, 3.63) is 53.6 Å². The molecule has 1 N–H and O–H groups in total. The van der Waals surface area contributed by atoms with Crippen LogP contribution in [0.15, 0.2) is 42.5 Å². The van der Waals surface area contributed by atoms with Crippen LogP contribution in [-0.4, -0.2) is 7.85 Å². The molecular weight excluding hydrogens is 193 g/mol. The maximum absolute atomic E-state index is 5.65. The summed E-state index contributed by atoms with van der Waals surface area (Å²) >= 11 is 0. The summed E-state index contributed by atoms with van der Waals surface area (Å²) in [5, 5.41) is 3.38. The molecule has 2 radical (unpaired) electrons. The van der Waals surface area contributed by atoms with E-state index in [9.17, 15) is 0 Å². The number of aryl methyl sites for hydroxylation is 1. The van der Waals surface area contributed by atoms with Crippen LogP contribution in [0, 0.1) is 13.8 Å². The van der Waals surface area contributed by atoms with Crippen LogP contribution in [0.3, 0.4) is 0 Å². The number of benzene rings is 2. The summed E-state index contributed by atoms with van der Waals surface area (Å²) in [5.41, 5.74) is 5.55. The zero-order chi connectivity index (χ0) is 11.5. The van der Waals surface area contributed by atoms with Crippen molar-refractivity contribution < 1.29 is 0 Å². The number of hydrogen-bond acceptors (Lipinski definition) is 1. The van der Waals surface area contributed by atoms with Crippen molar-refractivity contribution in [1.29, 1.82) is 0 Å². The van der Waals surface area contributed by atoms with Crippen molar-refractivity contribution in [1.82, 2.24) is 0 Å². The lowest BCUT2D eigenvalue weighted by Crippen LogP contribution is -2.01. The molecular formula is C14H14BN. The minimum Gasteiger partial charge on any atom is -0.355 e. The molecule has 0 aromatic heterocycles. The van der Waals surface area contributed by atoms with Crippen molar-refractivity contribution in [3.63, 3.8) is 0 Å². The molecule has 1 nitrogen and oxygen atoms in total. The van der Waals surface area contributed by atoms with E-state index in [-0.39, 0.29) is 0 Å². The van der Waals surface area contributed by atoms with E-state index in [1.54, 1.807) is 0 Å². The first-order chi connectivity index (χ1) is 7.66. The monoisotopic (exact) mass is 207 g/mol. The molecule has 0 fully saturated rings. The third kappa shape index (κ3) is 2.27. The van der Waals surface area contributed by atoms with E-state index in [2.05, 4.69) is 37.4 Å². The van der Waals surface area contributed by atoms with Gasteiger partial charge in [0.05, 0.1) is 0 Å².